The van der Waals surface area contributed by atoms with Crippen LogP contribution in [0, 0.1) is 5.92 Å². The van der Waals surface area contributed by atoms with Crippen molar-refractivity contribution in [2.24, 2.45) is 5.92 Å². The predicted molar refractivity (Wildman–Crippen MR) is 78.3 cm³/mol. The van der Waals surface area contributed by atoms with Crippen LogP contribution in [0.5, 0.6) is 0 Å². The molecular weight excluding hydrogens is 240 g/mol. The molecule has 1 heterocycles. The van der Waals surface area contributed by atoms with E-state index in [1.54, 1.807) is 0 Å². The van der Waals surface area contributed by atoms with Crippen LogP contribution in [0.1, 0.15) is 53.9 Å². The van der Waals surface area contributed by atoms with Gasteiger partial charge in [-0.1, -0.05) is 6.92 Å². The number of rotatable bonds is 5. The van der Waals surface area contributed by atoms with Crippen LogP contribution in [0.3, 0.4) is 0 Å². The molecule has 0 radical (unpaired) electrons. The van der Waals surface area contributed by atoms with Gasteiger partial charge in [-0.15, -0.1) is 0 Å². The molecule has 0 aliphatic carbocycles. The smallest absolute Gasteiger partial charge is 0.410 e. The van der Waals surface area contributed by atoms with Crippen molar-refractivity contribution in [3.63, 3.8) is 0 Å². The van der Waals surface area contributed by atoms with E-state index in [0.29, 0.717) is 12.0 Å². The zero-order chi connectivity index (χ0) is 14.5. The van der Waals surface area contributed by atoms with Gasteiger partial charge in [0.1, 0.15) is 5.60 Å². The highest BCUT2D eigenvalue weighted by atomic mass is 16.6. The molecule has 1 rings (SSSR count). The fraction of sp³-hybridized carbons (Fsp3) is 0.933. The van der Waals surface area contributed by atoms with E-state index in [1.807, 2.05) is 25.7 Å². The minimum Gasteiger partial charge on any atom is -0.444 e. The SMILES string of the molecule is CCC(C)NCCC1CCN(C(=O)OC(C)(C)C)C1. The standard InChI is InChI=1S/C15H30N2O2/c1-6-12(2)16-9-7-13-8-10-17(11-13)14(18)19-15(3,4)5/h12-13,16H,6-11H2,1-5H3. The lowest BCUT2D eigenvalue weighted by atomic mass is 10.1. The van der Waals surface area contributed by atoms with E-state index in [-0.39, 0.29) is 6.09 Å². The first-order chi connectivity index (χ1) is 8.81. The van der Waals surface area contributed by atoms with Gasteiger partial charge in [0.15, 0.2) is 0 Å². The minimum atomic E-state index is -0.396. The quantitative estimate of drug-likeness (QED) is 0.835. The molecule has 0 aromatic heterocycles. The summed E-state index contributed by atoms with van der Waals surface area (Å²) in [6.07, 6.45) is 3.24. The van der Waals surface area contributed by atoms with Crippen molar-refractivity contribution in [2.75, 3.05) is 19.6 Å². The molecule has 4 nitrogen and oxygen atoms in total. The topological polar surface area (TPSA) is 41.6 Å². The van der Waals surface area contributed by atoms with Gasteiger partial charge in [-0.2, -0.15) is 0 Å². The number of nitrogens with zero attached hydrogens (tertiary/aromatic N) is 1. The zero-order valence-electron chi connectivity index (χ0n) is 13.2. The molecule has 1 aliphatic heterocycles. The fourth-order valence-electron chi connectivity index (χ4n) is 2.24. The highest BCUT2D eigenvalue weighted by Crippen LogP contribution is 2.21. The lowest BCUT2D eigenvalue weighted by Crippen LogP contribution is -2.35. The molecule has 1 fully saturated rings. The molecule has 4 heteroatoms. The maximum atomic E-state index is 11.9. The number of carbonyl (C=O) groups excluding carboxylic acids is 1. The molecule has 112 valence electrons. The van der Waals surface area contributed by atoms with Gasteiger partial charge >= 0.3 is 6.09 Å². The van der Waals surface area contributed by atoms with E-state index in [2.05, 4.69) is 19.2 Å². The summed E-state index contributed by atoms with van der Waals surface area (Å²) in [5.41, 5.74) is -0.396. The first-order valence-electron chi connectivity index (χ1n) is 7.53. The van der Waals surface area contributed by atoms with Crippen molar-refractivity contribution in [1.29, 1.82) is 0 Å². The third-order valence-electron chi connectivity index (χ3n) is 3.60. The van der Waals surface area contributed by atoms with E-state index in [9.17, 15) is 4.79 Å². The molecular formula is C15H30N2O2. The molecule has 0 bridgehead atoms. The Morgan fingerprint density at radius 1 is 1.47 bits per heavy atom. The Morgan fingerprint density at radius 3 is 2.74 bits per heavy atom. The van der Waals surface area contributed by atoms with Crippen molar-refractivity contribution in [3.05, 3.63) is 0 Å². The number of likely N-dealkylation sites (tertiary alicyclic amines) is 1. The Balaban J connectivity index is 2.24. The highest BCUT2D eigenvalue weighted by Gasteiger charge is 2.29. The van der Waals surface area contributed by atoms with Gasteiger partial charge in [-0.3, -0.25) is 0 Å². The van der Waals surface area contributed by atoms with Crippen molar-refractivity contribution in [3.8, 4) is 0 Å². The van der Waals surface area contributed by atoms with E-state index in [1.165, 1.54) is 0 Å². The van der Waals surface area contributed by atoms with E-state index in [4.69, 9.17) is 4.74 Å². The van der Waals surface area contributed by atoms with Crippen LogP contribution in [-0.2, 0) is 4.74 Å². The zero-order valence-corrected chi connectivity index (χ0v) is 13.2. The number of ether oxygens (including phenoxy) is 1. The molecule has 2 unspecified atom stereocenters. The Hall–Kier alpha value is -0.770. The molecule has 19 heavy (non-hydrogen) atoms. The third kappa shape index (κ3) is 6.28. The predicted octanol–water partition coefficient (Wildman–Crippen LogP) is 3.02. The summed E-state index contributed by atoms with van der Waals surface area (Å²) in [6.45, 7) is 12.9. The van der Waals surface area contributed by atoms with Gasteiger partial charge in [0, 0.05) is 19.1 Å². The molecule has 2 atom stereocenters. The van der Waals surface area contributed by atoms with Crippen molar-refractivity contribution >= 4 is 6.09 Å². The summed E-state index contributed by atoms with van der Waals surface area (Å²) < 4.78 is 5.40. The number of hydrogen-bond acceptors (Lipinski definition) is 3. The van der Waals surface area contributed by atoms with Gasteiger partial charge in [0.2, 0.25) is 0 Å². The molecule has 1 amide bonds. The summed E-state index contributed by atoms with van der Waals surface area (Å²) in [4.78, 5) is 13.8. The molecule has 0 spiro atoms. The van der Waals surface area contributed by atoms with E-state index in [0.717, 1.165) is 38.9 Å². The summed E-state index contributed by atoms with van der Waals surface area (Å²) >= 11 is 0. The average molecular weight is 270 g/mol. The Kier molecular flexibility index (Phi) is 6.11. The molecule has 0 aromatic carbocycles. The third-order valence-corrected chi connectivity index (χ3v) is 3.60. The molecule has 1 aliphatic rings. The van der Waals surface area contributed by atoms with Gasteiger partial charge in [0.05, 0.1) is 0 Å². The van der Waals surface area contributed by atoms with Crippen LogP contribution in [0.4, 0.5) is 4.79 Å². The van der Waals surface area contributed by atoms with Crippen LogP contribution in [0.2, 0.25) is 0 Å². The largest absolute Gasteiger partial charge is 0.444 e. The maximum absolute atomic E-state index is 11.9. The number of amides is 1. The van der Waals surface area contributed by atoms with Crippen LogP contribution < -0.4 is 5.32 Å². The normalized spacial score (nSPS) is 21.5. The highest BCUT2D eigenvalue weighted by molar-refractivity contribution is 5.68. The number of hydrogen-bond donors (Lipinski definition) is 1. The van der Waals surface area contributed by atoms with Gasteiger partial charge in [-0.05, 0) is 59.4 Å². The average Bonchev–Trinajstić information content (AvgIpc) is 2.75. The van der Waals surface area contributed by atoms with Crippen molar-refractivity contribution in [1.82, 2.24) is 10.2 Å². The van der Waals surface area contributed by atoms with Crippen LogP contribution in [0.25, 0.3) is 0 Å². The second-order valence-electron chi connectivity index (χ2n) is 6.63. The lowest BCUT2D eigenvalue weighted by molar-refractivity contribution is 0.0287. The lowest BCUT2D eigenvalue weighted by Gasteiger charge is -2.24. The molecule has 0 aromatic rings. The number of carbonyl (C=O) groups is 1. The van der Waals surface area contributed by atoms with Gasteiger partial charge in [0.25, 0.3) is 0 Å². The second kappa shape index (κ2) is 7.13. The summed E-state index contributed by atoms with van der Waals surface area (Å²) in [5.74, 6) is 0.615. The van der Waals surface area contributed by atoms with Crippen LogP contribution in [-0.4, -0.2) is 42.3 Å². The second-order valence-corrected chi connectivity index (χ2v) is 6.63. The van der Waals surface area contributed by atoms with Gasteiger partial charge in [-0.25, -0.2) is 4.79 Å². The maximum Gasteiger partial charge on any atom is 0.410 e. The van der Waals surface area contributed by atoms with E-state index < -0.39 is 5.60 Å². The van der Waals surface area contributed by atoms with E-state index >= 15 is 0 Å². The van der Waals surface area contributed by atoms with Crippen molar-refractivity contribution < 1.29 is 9.53 Å². The first kappa shape index (κ1) is 16.3. The Morgan fingerprint density at radius 2 is 2.16 bits per heavy atom. The Labute approximate surface area is 117 Å². The van der Waals surface area contributed by atoms with Crippen LogP contribution in [0.15, 0.2) is 0 Å². The number of nitrogens with one attached hydrogen (secondary N) is 1. The molecule has 1 N–H and O–H groups in total. The van der Waals surface area contributed by atoms with Crippen molar-refractivity contribution in [2.45, 2.75) is 65.5 Å². The first-order valence-corrected chi connectivity index (χ1v) is 7.53. The summed E-state index contributed by atoms with van der Waals surface area (Å²) in [7, 11) is 0. The summed E-state index contributed by atoms with van der Waals surface area (Å²) in [5, 5.41) is 3.51. The fourth-order valence-corrected chi connectivity index (χ4v) is 2.24. The van der Waals surface area contributed by atoms with Gasteiger partial charge < -0.3 is 15.0 Å². The molecule has 1 saturated heterocycles. The summed E-state index contributed by atoms with van der Waals surface area (Å²) in [6, 6.07) is 0.586. The molecule has 0 saturated carbocycles. The van der Waals surface area contributed by atoms with Crippen LogP contribution >= 0.6 is 0 Å². The monoisotopic (exact) mass is 270 g/mol. The minimum absolute atomic E-state index is 0.162. The Bertz CT molecular complexity index is 286.